The highest BCUT2D eigenvalue weighted by Crippen LogP contribution is 2.46. The summed E-state index contributed by atoms with van der Waals surface area (Å²) < 4.78 is 49.4. The van der Waals surface area contributed by atoms with Crippen molar-refractivity contribution in [1.82, 2.24) is 9.55 Å². The van der Waals surface area contributed by atoms with Crippen molar-refractivity contribution in [2.45, 2.75) is 43.8 Å². The first-order valence-electron chi connectivity index (χ1n) is 15.2. The predicted octanol–water partition coefficient (Wildman–Crippen LogP) is 4.57. The summed E-state index contributed by atoms with van der Waals surface area (Å²) in [5.74, 6) is 1.35. The van der Waals surface area contributed by atoms with Crippen LogP contribution in [0, 0.1) is 6.92 Å². The van der Waals surface area contributed by atoms with Gasteiger partial charge in [-0.3, -0.25) is 14.3 Å². The highest BCUT2D eigenvalue weighted by Gasteiger charge is 2.47. The lowest BCUT2D eigenvalue weighted by atomic mass is 9.79. The summed E-state index contributed by atoms with van der Waals surface area (Å²) in [6.45, 7) is 2.01. The van der Waals surface area contributed by atoms with Gasteiger partial charge in [0.05, 0.1) is 20.3 Å². The molecule has 4 atom stereocenters. The minimum Gasteiger partial charge on any atom is -0.497 e. The molecule has 1 aliphatic rings. The van der Waals surface area contributed by atoms with Gasteiger partial charge in [-0.05, 0) is 60.8 Å². The largest absolute Gasteiger partial charge is 0.697 e. The third-order valence-corrected chi connectivity index (χ3v) is 8.78. The molecular weight excluding hydrogens is 625 g/mol. The molecule has 4 aromatic rings. The molecule has 1 unspecified atom stereocenters. The lowest BCUT2D eigenvalue weighted by Crippen LogP contribution is -2.41. The number of methoxy groups -OCH3 is 2. The van der Waals surface area contributed by atoms with Gasteiger partial charge in [0.2, 0.25) is 0 Å². The zero-order valence-corrected chi connectivity index (χ0v) is 27.4. The number of ether oxygens (including phenoxy) is 4. The maximum Gasteiger partial charge on any atom is 0.697 e. The first-order chi connectivity index (χ1) is 22.8. The predicted molar refractivity (Wildman–Crippen MR) is 175 cm³/mol. The van der Waals surface area contributed by atoms with Crippen LogP contribution in [-0.4, -0.2) is 55.7 Å². The highest BCUT2D eigenvalue weighted by molar-refractivity contribution is 7.33. The number of benzene rings is 3. The Kier molecular flexibility index (Phi) is 11.4. The molecule has 5 rings (SSSR count). The molecule has 47 heavy (non-hydrogen) atoms. The lowest BCUT2D eigenvalue weighted by Gasteiger charge is -2.39. The molecule has 3 aromatic carbocycles. The molecule has 1 aromatic heterocycles. The molecule has 1 aliphatic heterocycles. The third-order valence-electron chi connectivity index (χ3n) is 8.03. The van der Waals surface area contributed by atoms with E-state index in [2.05, 4.69) is 4.98 Å². The number of hydrogen-bond donors (Lipinski definition) is 2. The Hall–Kier alpha value is -4.16. The van der Waals surface area contributed by atoms with Crippen molar-refractivity contribution in [2.75, 3.05) is 34.0 Å². The standard InChI is InChI=1S/C34H38N3O9P/c1-23-21-37(33(39)36-32(23)38)31-20-29(30(45-31)22-44-47(40)43-19-7-18-35)46-34(24-8-5-4-6-9-24,25-10-14-27(41-2)15-11-25)26-12-16-28(42-3)17-13-26/h4-6,8-17,21,29-31H,7,18-20,22,35H2,1-3H3/p+1/t29-,30+,31+/m0/s1. The molecule has 0 saturated carbocycles. The summed E-state index contributed by atoms with van der Waals surface area (Å²) in [7, 11) is 0.732. The van der Waals surface area contributed by atoms with Crippen molar-refractivity contribution in [3.8, 4) is 11.5 Å². The number of nitrogens with zero attached hydrogens (tertiary/aromatic N) is 1. The van der Waals surface area contributed by atoms with Crippen LogP contribution in [0.2, 0.25) is 0 Å². The smallest absolute Gasteiger partial charge is 0.497 e. The Balaban J connectivity index is 1.61. The fraction of sp³-hybridized carbons (Fsp3) is 0.353. The monoisotopic (exact) mass is 664 g/mol. The zero-order chi connectivity index (χ0) is 33.4. The highest BCUT2D eigenvalue weighted by atomic mass is 31.1. The van der Waals surface area contributed by atoms with Crippen molar-refractivity contribution >= 4 is 8.25 Å². The number of nitrogens with one attached hydrogen (secondary N) is 1. The normalized spacial score (nSPS) is 18.2. The van der Waals surface area contributed by atoms with E-state index in [1.165, 1.54) is 10.8 Å². The van der Waals surface area contributed by atoms with Crippen LogP contribution in [0.5, 0.6) is 11.5 Å². The van der Waals surface area contributed by atoms with Crippen molar-refractivity contribution in [3.63, 3.8) is 0 Å². The topological polar surface area (TPSA) is 153 Å². The van der Waals surface area contributed by atoms with Crippen molar-refractivity contribution in [2.24, 2.45) is 5.73 Å². The van der Waals surface area contributed by atoms with E-state index in [9.17, 15) is 14.2 Å². The lowest BCUT2D eigenvalue weighted by molar-refractivity contribution is -0.0969. The molecule has 248 valence electrons. The molecular formula is C34H39N3O9P+. The summed E-state index contributed by atoms with van der Waals surface area (Å²) in [6.07, 6.45) is -0.152. The van der Waals surface area contributed by atoms with Crippen molar-refractivity contribution in [1.29, 1.82) is 0 Å². The maximum atomic E-state index is 12.9. The summed E-state index contributed by atoms with van der Waals surface area (Å²) in [6, 6.07) is 24.9. The summed E-state index contributed by atoms with van der Waals surface area (Å²) >= 11 is 0. The molecule has 2 heterocycles. The van der Waals surface area contributed by atoms with Crippen LogP contribution in [0.1, 0.15) is 41.3 Å². The first-order valence-corrected chi connectivity index (χ1v) is 16.3. The van der Waals surface area contributed by atoms with Crippen LogP contribution in [-0.2, 0) is 28.7 Å². The van der Waals surface area contributed by atoms with Gasteiger partial charge >= 0.3 is 13.9 Å². The van der Waals surface area contributed by atoms with Gasteiger partial charge in [0.1, 0.15) is 42.6 Å². The van der Waals surface area contributed by atoms with E-state index < -0.39 is 43.5 Å². The number of aromatic amines is 1. The molecule has 0 radical (unpaired) electrons. The van der Waals surface area contributed by atoms with Gasteiger partial charge < -0.3 is 24.7 Å². The summed E-state index contributed by atoms with van der Waals surface area (Å²) in [5, 5.41) is 0. The molecule has 0 amide bonds. The van der Waals surface area contributed by atoms with Gasteiger partial charge in [0, 0.05) is 22.7 Å². The van der Waals surface area contributed by atoms with Crippen LogP contribution in [0.3, 0.4) is 0 Å². The van der Waals surface area contributed by atoms with E-state index in [-0.39, 0.29) is 19.6 Å². The molecule has 13 heteroatoms. The molecule has 0 aliphatic carbocycles. The van der Waals surface area contributed by atoms with E-state index in [0.29, 0.717) is 30.0 Å². The number of aryl methyl sites for hydroxylation is 1. The molecule has 12 nitrogen and oxygen atoms in total. The van der Waals surface area contributed by atoms with Gasteiger partial charge in [-0.2, -0.15) is 0 Å². The van der Waals surface area contributed by atoms with Gasteiger partial charge in [0.25, 0.3) is 5.56 Å². The molecule has 0 spiro atoms. The van der Waals surface area contributed by atoms with Crippen LogP contribution >= 0.6 is 8.25 Å². The number of aromatic nitrogens is 2. The number of H-pyrrole nitrogens is 1. The fourth-order valence-electron chi connectivity index (χ4n) is 5.59. The first kappa shape index (κ1) is 34.2. The van der Waals surface area contributed by atoms with Gasteiger partial charge in [-0.25, -0.2) is 4.79 Å². The maximum absolute atomic E-state index is 12.9. The Labute approximate surface area is 273 Å². The van der Waals surface area contributed by atoms with Gasteiger partial charge in [0.15, 0.2) is 0 Å². The summed E-state index contributed by atoms with van der Waals surface area (Å²) in [4.78, 5) is 27.4. The average molecular weight is 665 g/mol. The van der Waals surface area contributed by atoms with Crippen LogP contribution in [0.15, 0.2) is 94.6 Å². The second-order valence-electron chi connectivity index (χ2n) is 11.0. The van der Waals surface area contributed by atoms with E-state index in [0.717, 1.165) is 16.7 Å². The number of hydrogen-bond acceptors (Lipinski definition) is 10. The quantitative estimate of drug-likeness (QED) is 0.105. The second kappa shape index (κ2) is 15.6. The Morgan fingerprint density at radius 3 is 2.09 bits per heavy atom. The molecule has 1 fully saturated rings. The van der Waals surface area contributed by atoms with Gasteiger partial charge in [-0.15, -0.1) is 9.05 Å². The Morgan fingerprint density at radius 1 is 0.915 bits per heavy atom. The second-order valence-corrected chi connectivity index (χ2v) is 12.0. The van der Waals surface area contributed by atoms with Crippen LogP contribution in [0.4, 0.5) is 0 Å². The number of nitrogens with two attached hydrogens (primary N) is 1. The van der Waals surface area contributed by atoms with E-state index in [1.54, 1.807) is 21.1 Å². The zero-order valence-electron chi connectivity index (χ0n) is 26.5. The van der Waals surface area contributed by atoms with E-state index >= 15 is 0 Å². The Bertz CT molecular complexity index is 1700. The average Bonchev–Trinajstić information content (AvgIpc) is 3.50. The van der Waals surface area contributed by atoms with Crippen molar-refractivity contribution < 1.29 is 32.6 Å². The molecule has 1 saturated heterocycles. The Morgan fingerprint density at radius 2 is 1.51 bits per heavy atom. The molecule has 0 bridgehead atoms. The minimum absolute atomic E-state index is 0.161. The fourth-order valence-corrected chi connectivity index (χ4v) is 6.22. The third kappa shape index (κ3) is 7.70. The van der Waals surface area contributed by atoms with E-state index in [1.807, 2.05) is 78.9 Å². The van der Waals surface area contributed by atoms with Crippen molar-refractivity contribution in [3.05, 3.63) is 128 Å². The molecule has 3 N–H and O–H groups in total. The van der Waals surface area contributed by atoms with Gasteiger partial charge in [-0.1, -0.05) is 54.6 Å². The SMILES string of the molecule is COc1ccc(C(O[C@H]2C[C@H](n3cc(C)c(=O)[nH]c3=O)O[C@@H]2CO[P+](=O)OCCCN)(c2ccccc2)c2ccc(OC)cc2)cc1. The van der Waals surface area contributed by atoms with E-state index in [4.69, 9.17) is 33.7 Å². The summed E-state index contributed by atoms with van der Waals surface area (Å²) in [5.41, 5.74) is 5.99. The van der Waals surface area contributed by atoms with Crippen LogP contribution < -0.4 is 26.5 Å². The van der Waals surface area contributed by atoms with Crippen LogP contribution in [0.25, 0.3) is 0 Å². The minimum atomic E-state index is -2.47. The number of rotatable bonds is 15.